The zero-order chi connectivity index (χ0) is 15.8. The van der Waals surface area contributed by atoms with Crippen LogP contribution in [0.1, 0.15) is 48.9 Å². The Bertz CT molecular complexity index is 509. The molecule has 1 saturated carbocycles. The lowest BCUT2D eigenvalue weighted by Crippen LogP contribution is -2.26. The normalized spacial score (nSPS) is 15.3. The summed E-state index contributed by atoms with van der Waals surface area (Å²) in [7, 11) is 0. The molecule has 22 heavy (non-hydrogen) atoms. The molecule has 0 radical (unpaired) electrons. The molecular formula is C17H23NO4. The molecule has 0 aromatic heterocycles. The standard InChI is InChI=1S/C17H23NO4/c19-16(20)12-22-15-8-4-7-14(11-15)17(21)18-10-9-13-5-2-1-3-6-13/h4,7-8,11,13H,1-3,5-6,9-10,12H2,(H,18,21)(H,19,20). The number of hydrogen-bond acceptors (Lipinski definition) is 3. The molecular weight excluding hydrogens is 282 g/mol. The molecule has 1 amide bonds. The van der Waals surface area contributed by atoms with E-state index in [2.05, 4.69) is 5.32 Å². The van der Waals surface area contributed by atoms with Crippen molar-refractivity contribution in [3.8, 4) is 5.75 Å². The van der Waals surface area contributed by atoms with Gasteiger partial charge in [0.05, 0.1) is 0 Å². The van der Waals surface area contributed by atoms with Crippen LogP contribution >= 0.6 is 0 Å². The maximum atomic E-state index is 12.1. The van der Waals surface area contributed by atoms with Crippen LogP contribution in [-0.2, 0) is 4.79 Å². The molecule has 1 aromatic carbocycles. The number of rotatable bonds is 7. The van der Waals surface area contributed by atoms with Crippen molar-refractivity contribution in [1.29, 1.82) is 0 Å². The molecule has 1 aliphatic carbocycles. The van der Waals surface area contributed by atoms with Crippen LogP contribution in [0.4, 0.5) is 0 Å². The molecule has 5 nitrogen and oxygen atoms in total. The second-order valence-electron chi connectivity index (χ2n) is 5.76. The number of carboxylic acids is 1. The van der Waals surface area contributed by atoms with Gasteiger partial charge in [0.2, 0.25) is 0 Å². The first kappa shape index (κ1) is 16.3. The number of ether oxygens (including phenoxy) is 1. The zero-order valence-corrected chi connectivity index (χ0v) is 12.7. The lowest BCUT2D eigenvalue weighted by Gasteiger charge is -2.21. The Morgan fingerprint density at radius 2 is 2.00 bits per heavy atom. The van der Waals surface area contributed by atoms with Gasteiger partial charge in [0.25, 0.3) is 5.91 Å². The average molecular weight is 305 g/mol. The molecule has 1 aromatic rings. The van der Waals surface area contributed by atoms with Crippen LogP contribution in [0.25, 0.3) is 0 Å². The van der Waals surface area contributed by atoms with Gasteiger partial charge >= 0.3 is 5.97 Å². The summed E-state index contributed by atoms with van der Waals surface area (Å²) in [6.07, 6.45) is 7.53. The molecule has 2 N–H and O–H groups in total. The predicted octanol–water partition coefficient (Wildman–Crippen LogP) is 2.85. The van der Waals surface area contributed by atoms with E-state index < -0.39 is 12.6 Å². The number of amides is 1. The smallest absolute Gasteiger partial charge is 0.341 e. The van der Waals surface area contributed by atoms with Crippen molar-refractivity contribution < 1.29 is 19.4 Å². The molecule has 1 fully saturated rings. The Hall–Kier alpha value is -2.04. The number of benzene rings is 1. The van der Waals surface area contributed by atoms with E-state index in [1.807, 2.05) is 0 Å². The van der Waals surface area contributed by atoms with E-state index >= 15 is 0 Å². The van der Waals surface area contributed by atoms with Gasteiger partial charge in [-0.25, -0.2) is 4.79 Å². The number of aliphatic carboxylic acids is 1. The first-order valence-electron chi connectivity index (χ1n) is 7.88. The minimum atomic E-state index is -1.04. The van der Waals surface area contributed by atoms with Gasteiger partial charge in [0.1, 0.15) is 5.75 Å². The van der Waals surface area contributed by atoms with E-state index in [-0.39, 0.29) is 5.91 Å². The summed E-state index contributed by atoms with van der Waals surface area (Å²) in [6, 6.07) is 6.59. The highest BCUT2D eigenvalue weighted by Gasteiger charge is 2.14. The Balaban J connectivity index is 1.78. The Labute approximate surface area is 130 Å². The molecule has 0 aliphatic heterocycles. The van der Waals surface area contributed by atoms with Gasteiger partial charge in [-0.1, -0.05) is 38.2 Å². The van der Waals surface area contributed by atoms with E-state index in [0.29, 0.717) is 17.9 Å². The highest BCUT2D eigenvalue weighted by atomic mass is 16.5. The Kier molecular flexibility index (Phi) is 6.25. The topological polar surface area (TPSA) is 75.6 Å². The molecule has 0 saturated heterocycles. The summed E-state index contributed by atoms with van der Waals surface area (Å²) in [5.41, 5.74) is 0.492. The van der Waals surface area contributed by atoms with Crippen LogP contribution in [0.15, 0.2) is 24.3 Å². The average Bonchev–Trinajstić information content (AvgIpc) is 2.54. The number of nitrogens with one attached hydrogen (secondary N) is 1. The highest BCUT2D eigenvalue weighted by Crippen LogP contribution is 2.25. The molecule has 120 valence electrons. The lowest BCUT2D eigenvalue weighted by molar-refractivity contribution is -0.139. The van der Waals surface area contributed by atoms with Gasteiger partial charge in [0.15, 0.2) is 6.61 Å². The van der Waals surface area contributed by atoms with Gasteiger partial charge < -0.3 is 15.2 Å². The molecule has 5 heteroatoms. The molecule has 0 bridgehead atoms. The van der Waals surface area contributed by atoms with Crippen LogP contribution in [0.5, 0.6) is 5.75 Å². The van der Waals surface area contributed by atoms with Crippen LogP contribution in [0.3, 0.4) is 0 Å². The summed E-state index contributed by atoms with van der Waals surface area (Å²) in [5.74, 6) is -0.0551. The number of hydrogen-bond donors (Lipinski definition) is 2. The van der Waals surface area contributed by atoms with Gasteiger partial charge in [-0.15, -0.1) is 0 Å². The SMILES string of the molecule is O=C(O)COc1cccc(C(=O)NCCC2CCCCC2)c1. The summed E-state index contributed by atoms with van der Waals surface area (Å²) >= 11 is 0. The van der Waals surface area contributed by atoms with Crippen molar-refractivity contribution in [1.82, 2.24) is 5.32 Å². The van der Waals surface area contributed by atoms with Gasteiger partial charge in [-0.2, -0.15) is 0 Å². The first-order valence-corrected chi connectivity index (χ1v) is 7.88. The number of carbonyl (C=O) groups is 2. The summed E-state index contributed by atoms with van der Waals surface area (Å²) in [6.45, 7) is 0.274. The second-order valence-corrected chi connectivity index (χ2v) is 5.76. The van der Waals surface area contributed by atoms with Crippen LogP contribution in [-0.4, -0.2) is 30.1 Å². The fourth-order valence-corrected chi connectivity index (χ4v) is 2.84. The fourth-order valence-electron chi connectivity index (χ4n) is 2.84. The molecule has 2 rings (SSSR count). The van der Waals surface area contributed by atoms with E-state index in [1.54, 1.807) is 24.3 Å². The largest absolute Gasteiger partial charge is 0.482 e. The first-order chi connectivity index (χ1) is 10.6. The quantitative estimate of drug-likeness (QED) is 0.812. The van der Waals surface area contributed by atoms with Crippen LogP contribution in [0.2, 0.25) is 0 Å². The van der Waals surface area contributed by atoms with Crippen LogP contribution < -0.4 is 10.1 Å². The zero-order valence-electron chi connectivity index (χ0n) is 12.7. The molecule has 0 atom stereocenters. The third-order valence-electron chi connectivity index (χ3n) is 4.02. The Morgan fingerprint density at radius 3 is 2.73 bits per heavy atom. The second kappa shape index (κ2) is 8.41. The molecule has 0 heterocycles. The number of carboxylic acid groups (broad SMARTS) is 1. The Morgan fingerprint density at radius 1 is 1.23 bits per heavy atom. The van der Waals surface area contributed by atoms with Crippen molar-refractivity contribution >= 4 is 11.9 Å². The van der Waals surface area contributed by atoms with E-state index in [0.717, 1.165) is 12.3 Å². The van der Waals surface area contributed by atoms with E-state index in [1.165, 1.54) is 32.1 Å². The van der Waals surface area contributed by atoms with Crippen molar-refractivity contribution in [2.75, 3.05) is 13.2 Å². The predicted molar refractivity (Wildman–Crippen MR) is 83.1 cm³/mol. The van der Waals surface area contributed by atoms with E-state index in [9.17, 15) is 9.59 Å². The minimum absolute atomic E-state index is 0.142. The minimum Gasteiger partial charge on any atom is -0.482 e. The van der Waals surface area contributed by atoms with Crippen molar-refractivity contribution in [2.45, 2.75) is 38.5 Å². The maximum absolute atomic E-state index is 12.1. The van der Waals surface area contributed by atoms with Crippen LogP contribution in [0, 0.1) is 5.92 Å². The van der Waals surface area contributed by atoms with Gasteiger partial charge in [-0.05, 0) is 30.5 Å². The van der Waals surface area contributed by atoms with E-state index in [4.69, 9.17) is 9.84 Å². The fraction of sp³-hybridized carbons (Fsp3) is 0.529. The summed E-state index contributed by atoms with van der Waals surface area (Å²) < 4.78 is 5.08. The molecule has 0 unspecified atom stereocenters. The maximum Gasteiger partial charge on any atom is 0.341 e. The molecule has 1 aliphatic rings. The van der Waals surface area contributed by atoms with Crippen molar-refractivity contribution in [2.24, 2.45) is 5.92 Å². The van der Waals surface area contributed by atoms with Gasteiger partial charge in [0, 0.05) is 12.1 Å². The van der Waals surface area contributed by atoms with Crippen molar-refractivity contribution in [3.63, 3.8) is 0 Å². The lowest BCUT2D eigenvalue weighted by atomic mass is 9.87. The molecule has 0 spiro atoms. The highest BCUT2D eigenvalue weighted by molar-refractivity contribution is 5.94. The summed E-state index contributed by atoms with van der Waals surface area (Å²) in [5, 5.41) is 11.5. The van der Waals surface area contributed by atoms with Gasteiger partial charge in [-0.3, -0.25) is 4.79 Å². The third-order valence-corrected chi connectivity index (χ3v) is 4.02. The summed E-state index contributed by atoms with van der Waals surface area (Å²) in [4.78, 5) is 22.6. The van der Waals surface area contributed by atoms with Crippen molar-refractivity contribution in [3.05, 3.63) is 29.8 Å². The monoisotopic (exact) mass is 305 g/mol. The third kappa shape index (κ3) is 5.39. The number of carbonyl (C=O) groups excluding carboxylic acids is 1.